The van der Waals surface area contributed by atoms with Gasteiger partial charge in [-0.05, 0) is 43.0 Å². The third-order valence-electron chi connectivity index (χ3n) is 5.46. The van der Waals surface area contributed by atoms with Gasteiger partial charge in [0.05, 0.1) is 6.61 Å². The average molecular weight is 330 g/mol. The Morgan fingerprint density at radius 1 is 1.04 bits per heavy atom. The van der Waals surface area contributed by atoms with Gasteiger partial charge < -0.3 is 14.4 Å². The van der Waals surface area contributed by atoms with Crippen molar-refractivity contribution in [2.45, 2.75) is 31.7 Å². The lowest BCUT2D eigenvalue weighted by Gasteiger charge is -2.33. The molecule has 0 N–H and O–H groups in total. The van der Waals surface area contributed by atoms with Crippen LogP contribution in [0.2, 0.25) is 0 Å². The molecule has 0 spiro atoms. The van der Waals surface area contributed by atoms with E-state index >= 15 is 0 Å². The number of fused-ring (bicyclic) bond motifs is 1. The zero-order valence-corrected chi connectivity index (χ0v) is 14.2. The number of ether oxygens (including phenoxy) is 2. The maximum atomic E-state index is 12.9. The number of nitrogens with zero attached hydrogens (tertiary/aromatic N) is 2. The Labute approximate surface area is 143 Å². The Morgan fingerprint density at radius 2 is 1.92 bits per heavy atom. The number of benzene rings is 1. The molecule has 2 saturated heterocycles. The summed E-state index contributed by atoms with van der Waals surface area (Å²) in [7, 11) is 0. The van der Waals surface area contributed by atoms with Gasteiger partial charge in [-0.1, -0.05) is 0 Å². The molecule has 3 aliphatic rings. The summed E-state index contributed by atoms with van der Waals surface area (Å²) in [6.45, 7) is 6.23. The zero-order valence-electron chi connectivity index (χ0n) is 14.2. The zero-order chi connectivity index (χ0) is 16.4. The minimum absolute atomic E-state index is 0.165. The molecule has 0 unspecified atom stereocenters. The van der Waals surface area contributed by atoms with Crippen LogP contribution in [0.15, 0.2) is 18.2 Å². The third kappa shape index (κ3) is 3.28. The molecule has 0 radical (unpaired) electrons. The highest BCUT2D eigenvalue weighted by Gasteiger charge is 2.26. The van der Waals surface area contributed by atoms with Crippen LogP contribution in [0.5, 0.6) is 5.75 Å². The number of hydrogen-bond acceptors (Lipinski definition) is 4. The average Bonchev–Trinajstić information content (AvgIpc) is 2.96. The quantitative estimate of drug-likeness (QED) is 0.831. The SMILES string of the molecule is O=C(c1ccc2c(c1)CCO2)N1CCCN(C2CCOCC2)CC1. The highest BCUT2D eigenvalue weighted by atomic mass is 16.5. The molecule has 0 bridgehead atoms. The highest BCUT2D eigenvalue weighted by Crippen LogP contribution is 2.26. The van der Waals surface area contributed by atoms with Crippen LogP contribution in [0, 0.1) is 0 Å². The van der Waals surface area contributed by atoms with Gasteiger partial charge >= 0.3 is 0 Å². The van der Waals surface area contributed by atoms with Crippen molar-refractivity contribution in [1.29, 1.82) is 0 Å². The molecule has 0 saturated carbocycles. The summed E-state index contributed by atoms with van der Waals surface area (Å²) in [5.41, 5.74) is 1.97. The molecule has 1 amide bonds. The summed E-state index contributed by atoms with van der Waals surface area (Å²) < 4.78 is 11.0. The van der Waals surface area contributed by atoms with Crippen LogP contribution in [0.3, 0.4) is 0 Å². The molecule has 2 fully saturated rings. The molecule has 130 valence electrons. The van der Waals surface area contributed by atoms with E-state index in [0.29, 0.717) is 6.04 Å². The fourth-order valence-electron chi connectivity index (χ4n) is 4.06. The molecular weight excluding hydrogens is 304 g/mol. The molecule has 5 nitrogen and oxygen atoms in total. The minimum Gasteiger partial charge on any atom is -0.493 e. The van der Waals surface area contributed by atoms with Crippen LogP contribution in [0.25, 0.3) is 0 Å². The Balaban J connectivity index is 1.40. The largest absolute Gasteiger partial charge is 0.493 e. The van der Waals surface area contributed by atoms with Crippen LogP contribution in [-0.2, 0) is 11.2 Å². The number of hydrogen-bond donors (Lipinski definition) is 0. The van der Waals surface area contributed by atoms with E-state index in [-0.39, 0.29) is 5.91 Å². The summed E-state index contributed by atoms with van der Waals surface area (Å²) in [5, 5.41) is 0. The van der Waals surface area contributed by atoms with Crippen molar-refractivity contribution in [3.05, 3.63) is 29.3 Å². The fraction of sp³-hybridized carbons (Fsp3) is 0.632. The summed E-state index contributed by atoms with van der Waals surface area (Å²) in [6, 6.07) is 6.51. The second kappa shape index (κ2) is 7.11. The first-order valence-electron chi connectivity index (χ1n) is 9.18. The van der Waals surface area contributed by atoms with E-state index in [0.717, 1.165) is 83.0 Å². The first kappa shape index (κ1) is 15.9. The molecule has 3 heterocycles. The molecule has 3 aliphatic heterocycles. The summed E-state index contributed by atoms with van der Waals surface area (Å²) in [6.07, 6.45) is 4.21. The Kier molecular flexibility index (Phi) is 4.72. The molecule has 1 aromatic rings. The monoisotopic (exact) mass is 330 g/mol. The second-order valence-corrected chi connectivity index (χ2v) is 6.95. The molecule has 0 atom stereocenters. The maximum Gasteiger partial charge on any atom is 0.253 e. The fourth-order valence-corrected chi connectivity index (χ4v) is 4.06. The predicted molar refractivity (Wildman–Crippen MR) is 91.6 cm³/mol. The number of carbonyl (C=O) groups excluding carboxylic acids is 1. The van der Waals surface area contributed by atoms with Gasteiger partial charge in [-0.25, -0.2) is 0 Å². The number of amides is 1. The molecule has 5 heteroatoms. The molecule has 0 aromatic heterocycles. The Morgan fingerprint density at radius 3 is 2.79 bits per heavy atom. The van der Waals surface area contributed by atoms with Crippen LogP contribution in [-0.4, -0.2) is 67.7 Å². The van der Waals surface area contributed by atoms with E-state index in [1.165, 1.54) is 5.56 Å². The van der Waals surface area contributed by atoms with E-state index in [9.17, 15) is 4.79 Å². The Hall–Kier alpha value is -1.59. The van der Waals surface area contributed by atoms with Gasteiger partial charge in [0.25, 0.3) is 5.91 Å². The molecule has 0 aliphatic carbocycles. The van der Waals surface area contributed by atoms with Crippen molar-refractivity contribution in [2.75, 3.05) is 46.0 Å². The van der Waals surface area contributed by atoms with E-state index in [2.05, 4.69) is 4.90 Å². The molecular formula is C19H26N2O3. The first-order valence-corrected chi connectivity index (χ1v) is 9.18. The van der Waals surface area contributed by atoms with E-state index < -0.39 is 0 Å². The third-order valence-corrected chi connectivity index (χ3v) is 5.46. The second-order valence-electron chi connectivity index (χ2n) is 6.95. The molecule has 24 heavy (non-hydrogen) atoms. The van der Waals surface area contributed by atoms with Crippen LogP contribution in [0.4, 0.5) is 0 Å². The normalized spacial score (nSPS) is 22.8. The number of rotatable bonds is 2. The van der Waals surface area contributed by atoms with Gasteiger partial charge in [0, 0.05) is 57.4 Å². The lowest BCUT2D eigenvalue weighted by molar-refractivity contribution is 0.0351. The van der Waals surface area contributed by atoms with Crippen molar-refractivity contribution in [3.8, 4) is 5.75 Å². The summed E-state index contributed by atoms with van der Waals surface area (Å²) >= 11 is 0. The standard InChI is InChI=1S/C19H26N2O3/c22-19(16-2-3-18-15(14-16)4-13-24-18)21-8-1-7-20(9-10-21)17-5-11-23-12-6-17/h2-3,14,17H,1,4-13H2. The van der Waals surface area contributed by atoms with Gasteiger partial charge in [-0.15, -0.1) is 0 Å². The van der Waals surface area contributed by atoms with Gasteiger partial charge in [-0.2, -0.15) is 0 Å². The van der Waals surface area contributed by atoms with E-state index in [4.69, 9.17) is 9.47 Å². The number of carbonyl (C=O) groups is 1. The summed E-state index contributed by atoms with van der Waals surface area (Å²) in [4.78, 5) is 17.5. The lowest BCUT2D eigenvalue weighted by atomic mass is 10.1. The Bertz CT molecular complexity index is 598. The highest BCUT2D eigenvalue weighted by molar-refractivity contribution is 5.94. The van der Waals surface area contributed by atoms with Crippen molar-refractivity contribution in [1.82, 2.24) is 9.80 Å². The van der Waals surface area contributed by atoms with E-state index in [1.54, 1.807) is 0 Å². The topological polar surface area (TPSA) is 42.0 Å². The van der Waals surface area contributed by atoms with E-state index in [1.807, 2.05) is 23.1 Å². The van der Waals surface area contributed by atoms with Crippen LogP contribution in [0.1, 0.15) is 35.2 Å². The van der Waals surface area contributed by atoms with Crippen molar-refractivity contribution < 1.29 is 14.3 Å². The van der Waals surface area contributed by atoms with Crippen LogP contribution >= 0.6 is 0 Å². The minimum atomic E-state index is 0.165. The van der Waals surface area contributed by atoms with Crippen molar-refractivity contribution in [3.63, 3.8) is 0 Å². The van der Waals surface area contributed by atoms with Crippen molar-refractivity contribution in [2.24, 2.45) is 0 Å². The molecule has 4 rings (SSSR count). The molecule has 1 aromatic carbocycles. The van der Waals surface area contributed by atoms with Gasteiger partial charge in [0.2, 0.25) is 0 Å². The summed E-state index contributed by atoms with van der Waals surface area (Å²) in [5.74, 6) is 1.10. The van der Waals surface area contributed by atoms with Crippen LogP contribution < -0.4 is 4.74 Å². The first-order chi connectivity index (χ1) is 11.8. The van der Waals surface area contributed by atoms with Gasteiger partial charge in [-0.3, -0.25) is 9.69 Å². The van der Waals surface area contributed by atoms with Crippen molar-refractivity contribution >= 4 is 5.91 Å². The smallest absolute Gasteiger partial charge is 0.253 e. The van der Waals surface area contributed by atoms with Gasteiger partial charge in [0.1, 0.15) is 5.75 Å². The van der Waals surface area contributed by atoms with Gasteiger partial charge in [0.15, 0.2) is 0 Å². The lowest BCUT2D eigenvalue weighted by Crippen LogP contribution is -2.42. The predicted octanol–water partition coefficient (Wildman–Crippen LogP) is 1.95. The maximum absolute atomic E-state index is 12.9.